The number of aryl methyl sites for hydroxylation is 2. The smallest absolute Gasteiger partial charge is 0.222 e. The van der Waals surface area contributed by atoms with Gasteiger partial charge in [0.15, 0.2) is 0 Å². The molecule has 20 heavy (non-hydrogen) atoms. The molecule has 1 aromatic heterocycles. The molecular weight excluding hydrogens is 268 g/mol. The second-order valence-corrected chi connectivity index (χ2v) is 7.25. The maximum Gasteiger partial charge on any atom is 0.222 e. The van der Waals surface area contributed by atoms with Crippen molar-refractivity contribution in [2.45, 2.75) is 52.5 Å². The van der Waals surface area contributed by atoms with E-state index in [0.29, 0.717) is 12.3 Å². The monoisotopic (exact) mass is 296 g/mol. The Bertz CT molecular complexity index is 414. The molecule has 0 aromatic carbocycles. The van der Waals surface area contributed by atoms with Crippen molar-refractivity contribution >= 4 is 17.2 Å². The minimum absolute atomic E-state index is 0.180. The summed E-state index contributed by atoms with van der Waals surface area (Å²) in [6.45, 7) is 7.12. The summed E-state index contributed by atoms with van der Waals surface area (Å²) in [6.07, 6.45) is 3.44. The van der Waals surface area contributed by atoms with E-state index in [2.05, 4.69) is 32.9 Å². The van der Waals surface area contributed by atoms with E-state index in [9.17, 15) is 4.79 Å². The molecule has 0 spiro atoms. The first-order valence-corrected chi connectivity index (χ1v) is 8.26. The number of nitrogens with zero attached hydrogens (tertiary/aromatic N) is 1. The van der Waals surface area contributed by atoms with Crippen molar-refractivity contribution in [1.29, 1.82) is 0 Å². The second kappa shape index (κ2) is 8.42. The summed E-state index contributed by atoms with van der Waals surface area (Å²) in [6, 6.07) is 4.48. The molecule has 2 N–H and O–H groups in total. The van der Waals surface area contributed by atoms with Crippen molar-refractivity contribution in [3.05, 3.63) is 21.9 Å². The molecule has 0 fully saturated rings. The van der Waals surface area contributed by atoms with Crippen LogP contribution in [0.2, 0.25) is 0 Å². The molecule has 0 aliphatic rings. The average Bonchev–Trinajstić information content (AvgIpc) is 2.80. The van der Waals surface area contributed by atoms with Crippen LogP contribution in [0.3, 0.4) is 0 Å². The molecule has 3 nitrogen and oxygen atoms in total. The molecule has 0 saturated carbocycles. The molecule has 0 bridgehead atoms. The molecule has 1 atom stereocenters. The maximum atomic E-state index is 12.0. The summed E-state index contributed by atoms with van der Waals surface area (Å²) in [5.41, 5.74) is 6.01. The molecule has 0 radical (unpaired) electrons. The molecule has 1 amide bonds. The highest BCUT2D eigenvalue weighted by molar-refractivity contribution is 7.11. The van der Waals surface area contributed by atoms with Crippen molar-refractivity contribution in [2.75, 3.05) is 13.6 Å². The molecular formula is C16H28N2OS. The van der Waals surface area contributed by atoms with Gasteiger partial charge in [0.05, 0.1) is 0 Å². The lowest BCUT2D eigenvalue weighted by Crippen LogP contribution is -2.34. The van der Waals surface area contributed by atoms with Gasteiger partial charge in [0, 0.05) is 35.8 Å². The minimum atomic E-state index is 0.180. The highest BCUT2D eigenvalue weighted by atomic mass is 32.1. The van der Waals surface area contributed by atoms with Gasteiger partial charge in [-0.2, -0.15) is 0 Å². The standard InChI is InChI=1S/C16H28N2OS/c1-12(2)15(17)10-11-18(4)16(19)7-5-6-14-9-8-13(3)20-14/h8-9,12,15H,5-7,10-11,17H2,1-4H3. The molecule has 1 aromatic rings. The molecule has 4 heteroatoms. The Labute approximate surface area is 127 Å². The van der Waals surface area contributed by atoms with Gasteiger partial charge in [0.1, 0.15) is 0 Å². The number of carbonyl (C=O) groups excluding carboxylic acids is 1. The van der Waals surface area contributed by atoms with Crippen LogP contribution in [0.1, 0.15) is 42.9 Å². The zero-order valence-electron chi connectivity index (χ0n) is 13.2. The molecule has 0 aliphatic carbocycles. The van der Waals surface area contributed by atoms with Crippen molar-refractivity contribution < 1.29 is 4.79 Å². The summed E-state index contributed by atoms with van der Waals surface area (Å²) in [5.74, 6) is 0.704. The summed E-state index contributed by atoms with van der Waals surface area (Å²) in [7, 11) is 1.88. The second-order valence-electron chi connectivity index (χ2n) is 5.88. The van der Waals surface area contributed by atoms with Gasteiger partial charge >= 0.3 is 0 Å². The molecule has 1 rings (SSSR count). The molecule has 1 unspecified atom stereocenters. The third-order valence-corrected chi connectivity index (χ3v) is 4.75. The fourth-order valence-electron chi connectivity index (χ4n) is 2.02. The summed E-state index contributed by atoms with van der Waals surface area (Å²) >= 11 is 1.82. The van der Waals surface area contributed by atoms with Crippen molar-refractivity contribution in [1.82, 2.24) is 4.90 Å². The van der Waals surface area contributed by atoms with Crippen LogP contribution < -0.4 is 5.73 Å². The topological polar surface area (TPSA) is 46.3 Å². The molecule has 114 valence electrons. The Balaban J connectivity index is 2.21. The fraction of sp³-hybridized carbons (Fsp3) is 0.688. The van der Waals surface area contributed by atoms with E-state index in [0.717, 1.165) is 25.8 Å². The van der Waals surface area contributed by atoms with Crippen molar-refractivity contribution in [3.63, 3.8) is 0 Å². The van der Waals surface area contributed by atoms with Gasteiger partial charge in [-0.3, -0.25) is 4.79 Å². The summed E-state index contributed by atoms with van der Waals surface area (Å²) < 4.78 is 0. The first-order chi connectivity index (χ1) is 9.40. The first kappa shape index (κ1) is 17.2. The Hall–Kier alpha value is -0.870. The Morgan fingerprint density at radius 2 is 2.10 bits per heavy atom. The van der Waals surface area contributed by atoms with Gasteiger partial charge in [0.2, 0.25) is 5.91 Å². The van der Waals surface area contributed by atoms with Crippen LogP contribution in [0.5, 0.6) is 0 Å². The zero-order valence-corrected chi connectivity index (χ0v) is 14.0. The maximum absolute atomic E-state index is 12.0. The Kier molecular flexibility index (Phi) is 7.24. The fourth-order valence-corrected chi connectivity index (χ4v) is 2.96. The predicted octanol–water partition coefficient (Wildman–Crippen LogP) is 3.21. The van der Waals surface area contributed by atoms with Crippen LogP contribution in [0.15, 0.2) is 12.1 Å². The van der Waals surface area contributed by atoms with E-state index in [1.165, 1.54) is 9.75 Å². The predicted molar refractivity (Wildman–Crippen MR) is 87.1 cm³/mol. The number of thiophene rings is 1. The molecule has 1 heterocycles. The van der Waals surface area contributed by atoms with Gasteiger partial charge < -0.3 is 10.6 Å². The van der Waals surface area contributed by atoms with Gasteiger partial charge in [-0.1, -0.05) is 13.8 Å². The van der Waals surface area contributed by atoms with E-state index in [-0.39, 0.29) is 11.9 Å². The van der Waals surface area contributed by atoms with Gasteiger partial charge in [-0.15, -0.1) is 11.3 Å². The normalized spacial score (nSPS) is 12.7. The van der Waals surface area contributed by atoms with E-state index >= 15 is 0 Å². The van der Waals surface area contributed by atoms with E-state index in [1.54, 1.807) is 0 Å². The first-order valence-electron chi connectivity index (χ1n) is 7.45. The van der Waals surface area contributed by atoms with Gasteiger partial charge in [-0.05, 0) is 44.2 Å². The van der Waals surface area contributed by atoms with Crippen LogP contribution in [0, 0.1) is 12.8 Å². The minimum Gasteiger partial charge on any atom is -0.346 e. The SMILES string of the molecule is Cc1ccc(CCCC(=O)N(C)CCC(N)C(C)C)s1. The van der Waals surface area contributed by atoms with Crippen molar-refractivity contribution in [3.8, 4) is 0 Å². The van der Waals surface area contributed by atoms with Gasteiger partial charge in [0.25, 0.3) is 0 Å². The van der Waals surface area contributed by atoms with Crippen LogP contribution >= 0.6 is 11.3 Å². The van der Waals surface area contributed by atoms with Crippen LogP contribution in [-0.2, 0) is 11.2 Å². The number of nitrogens with two attached hydrogens (primary N) is 1. The quantitative estimate of drug-likeness (QED) is 0.800. The lowest BCUT2D eigenvalue weighted by Gasteiger charge is -2.21. The van der Waals surface area contributed by atoms with E-state index in [4.69, 9.17) is 5.73 Å². The number of carbonyl (C=O) groups is 1. The number of amides is 1. The lowest BCUT2D eigenvalue weighted by atomic mass is 10.0. The average molecular weight is 296 g/mol. The number of rotatable bonds is 8. The van der Waals surface area contributed by atoms with Crippen LogP contribution in [0.25, 0.3) is 0 Å². The molecule has 0 saturated heterocycles. The Morgan fingerprint density at radius 1 is 1.40 bits per heavy atom. The number of hydrogen-bond donors (Lipinski definition) is 1. The zero-order chi connectivity index (χ0) is 15.1. The van der Waals surface area contributed by atoms with Crippen molar-refractivity contribution in [2.24, 2.45) is 11.7 Å². The highest BCUT2D eigenvalue weighted by Gasteiger charge is 2.12. The van der Waals surface area contributed by atoms with Gasteiger partial charge in [-0.25, -0.2) is 0 Å². The Morgan fingerprint density at radius 3 is 2.65 bits per heavy atom. The molecule has 0 aliphatic heterocycles. The summed E-state index contributed by atoms with van der Waals surface area (Å²) in [4.78, 5) is 16.5. The largest absolute Gasteiger partial charge is 0.346 e. The van der Waals surface area contributed by atoms with E-state index < -0.39 is 0 Å². The summed E-state index contributed by atoms with van der Waals surface area (Å²) in [5, 5.41) is 0. The van der Waals surface area contributed by atoms with Crippen LogP contribution in [-0.4, -0.2) is 30.4 Å². The lowest BCUT2D eigenvalue weighted by molar-refractivity contribution is -0.130. The number of hydrogen-bond acceptors (Lipinski definition) is 3. The van der Waals surface area contributed by atoms with E-state index in [1.807, 2.05) is 23.3 Å². The third-order valence-electron chi connectivity index (χ3n) is 3.69. The third kappa shape index (κ3) is 6.06. The highest BCUT2D eigenvalue weighted by Crippen LogP contribution is 2.17. The van der Waals surface area contributed by atoms with Crippen LogP contribution in [0.4, 0.5) is 0 Å².